The number of hydrogen-bond donors (Lipinski definition) is 1. The molecular formula is C24H23FN4O2S3. The molecule has 0 aliphatic carbocycles. The third-order valence-electron chi connectivity index (χ3n) is 5.38. The molecule has 0 saturated carbocycles. The van der Waals surface area contributed by atoms with Crippen LogP contribution < -0.4 is 10.9 Å². The molecule has 10 heteroatoms. The first-order valence-electron chi connectivity index (χ1n) is 10.7. The molecule has 1 N–H and O–H groups in total. The van der Waals surface area contributed by atoms with Crippen molar-refractivity contribution in [2.75, 3.05) is 5.75 Å². The van der Waals surface area contributed by atoms with Crippen LogP contribution in [-0.4, -0.2) is 31.8 Å². The summed E-state index contributed by atoms with van der Waals surface area (Å²) in [4.78, 5) is 30.8. The number of aryl methyl sites for hydroxylation is 1. The molecule has 0 aliphatic rings. The van der Waals surface area contributed by atoms with Gasteiger partial charge in [0.15, 0.2) is 14.8 Å². The van der Waals surface area contributed by atoms with Crippen molar-refractivity contribution >= 4 is 51.6 Å². The molecule has 2 aromatic heterocycles. The maximum atomic E-state index is 14.8. The SMILES string of the molecule is CC[C@H](C)NC(=O)CSc1nc2c(sc(=S)n2-c2ccccc2C)c(=O)n1-c1ccccc1F. The Hall–Kier alpha value is -2.82. The van der Waals surface area contributed by atoms with Crippen LogP contribution in [0.15, 0.2) is 58.5 Å². The number of thioether (sulfide) groups is 1. The van der Waals surface area contributed by atoms with E-state index in [0.29, 0.717) is 14.3 Å². The van der Waals surface area contributed by atoms with E-state index in [4.69, 9.17) is 17.2 Å². The van der Waals surface area contributed by atoms with Crippen molar-refractivity contribution in [3.05, 3.63) is 74.2 Å². The molecule has 4 aromatic rings. The maximum Gasteiger partial charge on any atom is 0.278 e. The van der Waals surface area contributed by atoms with E-state index >= 15 is 0 Å². The van der Waals surface area contributed by atoms with Crippen LogP contribution in [0.5, 0.6) is 0 Å². The highest BCUT2D eigenvalue weighted by Crippen LogP contribution is 2.29. The molecule has 4 rings (SSSR count). The average Bonchev–Trinajstić information content (AvgIpc) is 3.15. The predicted molar refractivity (Wildman–Crippen MR) is 139 cm³/mol. The van der Waals surface area contributed by atoms with Crippen LogP contribution >= 0.6 is 35.3 Å². The number of fused-ring (bicyclic) bond motifs is 1. The van der Waals surface area contributed by atoms with Gasteiger partial charge < -0.3 is 5.32 Å². The largest absolute Gasteiger partial charge is 0.353 e. The van der Waals surface area contributed by atoms with Gasteiger partial charge in [0.1, 0.15) is 10.5 Å². The van der Waals surface area contributed by atoms with E-state index < -0.39 is 11.4 Å². The number of hydrogen-bond acceptors (Lipinski definition) is 6. The summed E-state index contributed by atoms with van der Waals surface area (Å²) in [5.74, 6) is -0.708. The van der Waals surface area contributed by atoms with Gasteiger partial charge in [-0.1, -0.05) is 60.4 Å². The van der Waals surface area contributed by atoms with Gasteiger partial charge in [0.05, 0.1) is 17.1 Å². The standard InChI is InChI=1S/C24H23FN4O2S3/c1-4-15(3)26-19(30)13-33-23-27-21-20(22(31)29(23)18-12-8-6-10-16(18)25)34-24(32)28(21)17-11-7-5-9-14(17)2/h5-12,15H,4,13H2,1-3H3,(H,26,30)/t15-/m0/s1. The lowest BCUT2D eigenvalue weighted by atomic mass is 10.2. The fraction of sp³-hybridized carbons (Fsp3) is 0.250. The second-order valence-corrected chi connectivity index (χ2v) is 10.4. The molecule has 0 aliphatic heterocycles. The third kappa shape index (κ3) is 4.70. The molecule has 0 bridgehead atoms. The lowest BCUT2D eigenvalue weighted by Gasteiger charge is -2.15. The molecule has 0 unspecified atom stereocenters. The van der Waals surface area contributed by atoms with Gasteiger partial charge in [-0.15, -0.1) is 0 Å². The Morgan fingerprint density at radius 2 is 1.85 bits per heavy atom. The number of nitrogens with one attached hydrogen (secondary N) is 1. The smallest absolute Gasteiger partial charge is 0.278 e. The zero-order valence-corrected chi connectivity index (χ0v) is 21.3. The van der Waals surface area contributed by atoms with Crippen LogP contribution in [-0.2, 0) is 4.79 Å². The highest BCUT2D eigenvalue weighted by Gasteiger charge is 2.21. The van der Waals surface area contributed by atoms with Gasteiger partial charge >= 0.3 is 0 Å². The molecule has 2 heterocycles. The normalized spacial score (nSPS) is 12.1. The van der Waals surface area contributed by atoms with E-state index in [1.165, 1.54) is 16.7 Å². The summed E-state index contributed by atoms with van der Waals surface area (Å²) in [6.45, 7) is 5.86. The number of carbonyl (C=O) groups is 1. The van der Waals surface area contributed by atoms with Crippen LogP contribution in [0.2, 0.25) is 0 Å². The highest BCUT2D eigenvalue weighted by atomic mass is 32.2. The van der Waals surface area contributed by atoms with Crippen molar-refractivity contribution in [1.82, 2.24) is 19.4 Å². The molecule has 2 aromatic carbocycles. The van der Waals surface area contributed by atoms with Crippen molar-refractivity contribution in [2.24, 2.45) is 0 Å². The molecular weight excluding hydrogens is 491 g/mol. The van der Waals surface area contributed by atoms with E-state index in [9.17, 15) is 14.0 Å². The monoisotopic (exact) mass is 514 g/mol. The molecule has 1 amide bonds. The Morgan fingerprint density at radius 3 is 2.53 bits per heavy atom. The zero-order valence-electron chi connectivity index (χ0n) is 18.9. The number of rotatable bonds is 7. The summed E-state index contributed by atoms with van der Waals surface area (Å²) in [6, 6.07) is 13.7. The van der Waals surface area contributed by atoms with E-state index in [-0.39, 0.29) is 28.5 Å². The van der Waals surface area contributed by atoms with Gasteiger partial charge in [0.25, 0.3) is 5.56 Å². The number of nitrogens with zero attached hydrogens (tertiary/aromatic N) is 3. The first kappa shape index (κ1) is 24.3. The van der Waals surface area contributed by atoms with E-state index in [1.807, 2.05) is 45.0 Å². The van der Waals surface area contributed by atoms with Crippen LogP contribution in [0.3, 0.4) is 0 Å². The molecule has 0 spiro atoms. The number of carbonyl (C=O) groups excluding carboxylic acids is 1. The van der Waals surface area contributed by atoms with Gasteiger partial charge in [-0.05, 0) is 56.2 Å². The van der Waals surface area contributed by atoms with Crippen LogP contribution in [0.25, 0.3) is 21.7 Å². The molecule has 0 radical (unpaired) electrons. The van der Waals surface area contributed by atoms with Crippen molar-refractivity contribution in [1.29, 1.82) is 0 Å². The van der Waals surface area contributed by atoms with Gasteiger partial charge in [-0.25, -0.2) is 9.37 Å². The Labute approximate surface area is 209 Å². The number of thiazole rings is 1. The minimum absolute atomic E-state index is 0.0279. The van der Waals surface area contributed by atoms with Gasteiger partial charge in [-0.3, -0.25) is 18.7 Å². The summed E-state index contributed by atoms with van der Waals surface area (Å²) in [5, 5.41) is 3.12. The van der Waals surface area contributed by atoms with Crippen molar-refractivity contribution in [3.8, 4) is 11.4 Å². The topological polar surface area (TPSA) is 68.9 Å². The van der Waals surface area contributed by atoms with E-state index in [1.54, 1.807) is 16.7 Å². The fourth-order valence-corrected chi connectivity index (χ4v) is 5.55. The average molecular weight is 515 g/mol. The lowest BCUT2D eigenvalue weighted by Crippen LogP contribution is -2.33. The summed E-state index contributed by atoms with van der Waals surface area (Å²) in [5.41, 5.74) is 1.84. The Bertz CT molecular complexity index is 1490. The maximum absolute atomic E-state index is 14.8. The molecule has 1 atom stereocenters. The Balaban J connectivity index is 1.92. The predicted octanol–water partition coefficient (Wildman–Crippen LogP) is 5.42. The van der Waals surface area contributed by atoms with Gasteiger partial charge in [0, 0.05) is 6.04 Å². The summed E-state index contributed by atoms with van der Waals surface area (Å²) >= 11 is 7.83. The number of para-hydroxylation sites is 2. The fourth-order valence-electron chi connectivity index (χ4n) is 3.45. The highest BCUT2D eigenvalue weighted by molar-refractivity contribution is 7.99. The molecule has 6 nitrogen and oxygen atoms in total. The summed E-state index contributed by atoms with van der Waals surface area (Å²) < 4.78 is 18.5. The van der Waals surface area contributed by atoms with Gasteiger partial charge in [0.2, 0.25) is 5.91 Å². The van der Waals surface area contributed by atoms with Crippen molar-refractivity contribution in [3.63, 3.8) is 0 Å². The van der Waals surface area contributed by atoms with Gasteiger partial charge in [-0.2, -0.15) is 0 Å². The van der Waals surface area contributed by atoms with E-state index in [2.05, 4.69) is 5.32 Å². The Kier molecular flexibility index (Phi) is 7.30. The minimum atomic E-state index is -0.557. The number of amides is 1. The number of benzene rings is 2. The minimum Gasteiger partial charge on any atom is -0.353 e. The van der Waals surface area contributed by atoms with Crippen molar-refractivity contribution in [2.45, 2.75) is 38.4 Å². The quantitative estimate of drug-likeness (QED) is 0.203. The van der Waals surface area contributed by atoms with Crippen LogP contribution in [0.4, 0.5) is 4.39 Å². The second kappa shape index (κ2) is 10.2. The first-order valence-corrected chi connectivity index (χ1v) is 12.9. The molecule has 176 valence electrons. The lowest BCUT2D eigenvalue weighted by molar-refractivity contribution is -0.119. The zero-order chi connectivity index (χ0) is 24.4. The molecule has 0 saturated heterocycles. The van der Waals surface area contributed by atoms with E-state index in [0.717, 1.165) is 40.8 Å². The summed E-state index contributed by atoms with van der Waals surface area (Å²) in [7, 11) is 0. The second-order valence-electron chi connectivity index (χ2n) is 7.79. The summed E-state index contributed by atoms with van der Waals surface area (Å²) in [6.07, 6.45) is 0.799. The van der Waals surface area contributed by atoms with Crippen molar-refractivity contribution < 1.29 is 9.18 Å². The third-order valence-corrected chi connectivity index (χ3v) is 7.67. The first-order chi connectivity index (χ1) is 16.3. The van der Waals surface area contributed by atoms with Crippen LogP contribution in [0.1, 0.15) is 25.8 Å². The number of halogens is 1. The van der Waals surface area contributed by atoms with Crippen LogP contribution in [0, 0.1) is 16.7 Å². The number of aromatic nitrogens is 3. The molecule has 0 fully saturated rings. The molecule has 34 heavy (non-hydrogen) atoms. The Morgan fingerprint density at radius 1 is 1.18 bits per heavy atom.